The second-order valence-corrected chi connectivity index (χ2v) is 7.41. The molecule has 0 aliphatic carbocycles. The third-order valence-electron chi connectivity index (χ3n) is 5.40. The van der Waals surface area contributed by atoms with Crippen LogP contribution in [0, 0.1) is 6.92 Å². The number of nitrogens with zero attached hydrogens (tertiary/aromatic N) is 2. The van der Waals surface area contributed by atoms with Crippen molar-refractivity contribution in [1.29, 1.82) is 0 Å². The zero-order valence-corrected chi connectivity index (χ0v) is 16.5. The van der Waals surface area contributed by atoms with Crippen LogP contribution in [0.25, 0.3) is 0 Å². The van der Waals surface area contributed by atoms with Gasteiger partial charge in [0.2, 0.25) is 0 Å². The number of aliphatic imine (C=N–C) groups is 1. The van der Waals surface area contributed by atoms with E-state index in [0.29, 0.717) is 24.2 Å². The summed E-state index contributed by atoms with van der Waals surface area (Å²) in [5.41, 5.74) is 2.86. The zero-order valence-electron chi connectivity index (χ0n) is 16.5. The molecule has 0 bridgehead atoms. The molecule has 2 aromatic rings. The van der Waals surface area contributed by atoms with E-state index in [0.717, 1.165) is 11.1 Å². The van der Waals surface area contributed by atoms with Gasteiger partial charge in [-0.05, 0) is 42.3 Å². The van der Waals surface area contributed by atoms with Gasteiger partial charge in [0.25, 0.3) is 5.91 Å². The number of amides is 1. The van der Waals surface area contributed by atoms with Crippen LogP contribution in [-0.4, -0.2) is 35.3 Å². The number of rotatable bonds is 5. The summed E-state index contributed by atoms with van der Waals surface area (Å²) in [6.07, 6.45) is 8.59. The van der Waals surface area contributed by atoms with Crippen LogP contribution in [0.4, 0.5) is 0 Å². The maximum Gasteiger partial charge on any atom is 0.337 e. The maximum atomic E-state index is 13.2. The van der Waals surface area contributed by atoms with Crippen LogP contribution in [0.2, 0.25) is 0 Å². The van der Waals surface area contributed by atoms with Crippen LogP contribution in [-0.2, 0) is 22.4 Å². The number of carbonyl (C=O) groups is 2. The van der Waals surface area contributed by atoms with E-state index in [9.17, 15) is 9.59 Å². The molecule has 0 fully saturated rings. The Morgan fingerprint density at radius 2 is 1.62 bits per heavy atom. The fourth-order valence-electron chi connectivity index (χ4n) is 3.84. The Labute approximate surface area is 170 Å². The Hall–Kier alpha value is -3.47. The van der Waals surface area contributed by atoms with Gasteiger partial charge in [-0.1, -0.05) is 48.0 Å². The lowest BCUT2D eigenvalue weighted by Crippen LogP contribution is -2.52. The molecule has 1 amide bonds. The summed E-state index contributed by atoms with van der Waals surface area (Å²) in [4.78, 5) is 31.2. The van der Waals surface area contributed by atoms with E-state index < -0.39 is 5.54 Å². The fourth-order valence-corrected chi connectivity index (χ4v) is 3.84. The van der Waals surface area contributed by atoms with Gasteiger partial charge in [0, 0.05) is 19.0 Å². The molecule has 0 N–H and O–H groups in total. The number of carbonyl (C=O) groups excluding carboxylic acids is 2. The van der Waals surface area contributed by atoms with E-state index in [-0.39, 0.29) is 11.9 Å². The van der Waals surface area contributed by atoms with Gasteiger partial charge in [0.1, 0.15) is 11.4 Å². The minimum Gasteiger partial charge on any atom is -0.465 e. The highest BCUT2D eigenvalue weighted by Gasteiger charge is 2.49. The Balaban J connectivity index is 1.70. The molecule has 0 radical (unpaired) electrons. The van der Waals surface area contributed by atoms with E-state index in [4.69, 9.17) is 4.74 Å². The van der Waals surface area contributed by atoms with Crippen LogP contribution < -0.4 is 0 Å². The molecule has 4 rings (SSSR count). The van der Waals surface area contributed by atoms with Crippen molar-refractivity contribution < 1.29 is 14.3 Å². The Bertz CT molecular complexity index is 1030. The summed E-state index contributed by atoms with van der Waals surface area (Å²) >= 11 is 0. The Morgan fingerprint density at radius 3 is 2.24 bits per heavy atom. The monoisotopic (exact) mass is 386 g/mol. The van der Waals surface area contributed by atoms with Crippen molar-refractivity contribution in [3.8, 4) is 0 Å². The van der Waals surface area contributed by atoms with E-state index in [2.05, 4.69) is 29.3 Å². The molecule has 2 heterocycles. The first-order chi connectivity index (χ1) is 14.0. The predicted octanol–water partition coefficient (Wildman–Crippen LogP) is 3.63. The molecule has 0 saturated carbocycles. The molecule has 29 heavy (non-hydrogen) atoms. The molecule has 2 aliphatic heterocycles. The quantitative estimate of drug-likeness (QED) is 0.737. The average molecular weight is 386 g/mol. The first kappa shape index (κ1) is 18.9. The smallest absolute Gasteiger partial charge is 0.337 e. The van der Waals surface area contributed by atoms with Crippen molar-refractivity contribution in [3.63, 3.8) is 0 Å². The van der Waals surface area contributed by atoms with Crippen LogP contribution in [0.3, 0.4) is 0 Å². The fraction of sp³-hybridized carbons (Fsp3) is 0.208. The SMILES string of the molecule is COC(=O)c1ccc(CC2(Cc3ccc(C)cc3)C(=O)N=C3C=CC=CN32)cc1. The third-order valence-corrected chi connectivity index (χ3v) is 5.40. The largest absolute Gasteiger partial charge is 0.465 e. The van der Waals surface area contributed by atoms with Crippen molar-refractivity contribution >= 4 is 17.7 Å². The number of aryl methyl sites for hydroxylation is 1. The summed E-state index contributed by atoms with van der Waals surface area (Å²) in [5.74, 6) is 0.134. The molecule has 2 aliphatic rings. The van der Waals surface area contributed by atoms with Gasteiger partial charge in [-0.2, -0.15) is 4.99 Å². The lowest BCUT2D eigenvalue weighted by atomic mass is 9.82. The molecule has 146 valence electrons. The standard InChI is InChI=1S/C24H22N2O3/c1-17-6-8-18(9-7-17)15-24(23(28)25-21-5-3-4-14-26(21)24)16-19-10-12-20(13-11-19)22(27)29-2/h3-14H,15-16H2,1-2H3. The summed E-state index contributed by atoms with van der Waals surface area (Å²) in [5, 5.41) is 0. The number of hydrogen-bond acceptors (Lipinski definition) is 4. The second kappa shape index (κ2) is 7.51. The summed E-state index contributed by atoms with van der Waals surface area (Å²) in [6.45, 7) is 2.04. The first-order valence-corrected chi connectivity index (χ1v) is 9.52. The lowest BCUT2D eigenvalue weighted by molar-refractivity contribution is -0.124. The van der Waals surface area contributed by atoms with E-state index in [1.54, 1.807) is 12.1 Å². The highest BCUT2D eigenvalue weighted by molar-refractivity contribution is 6.12. The van der Waals surface area contributed by atoms with Gasteiger partial charge in [0.05, 0.1) is 12.7 Å². The molecule has 0 spiro atoms. The molecule has 5 heteroatoms. The van der Waals surface area contributed by atoms with Crippen LogP contribution in [0.1, 0.15) is 27.0 Å². The lowest BCUT2D eigenvalue weighted by Gasteiger charge is -2.37. The van der Waals surface area contributed by atoms with Gasteiger partial charge in [-0.15, -0.1) is 0 Å². The molecule has 5 nitrogen and oxygen atoms in total. The van der Waals surface area contributed by atoms with Crippen molar-refractivity contribution in [1.82, 2.24) is 4.90 Å². The van der Waals surface area contributed by atoms with Gasteiger partial charge in [-0.25, -0.2) is 4.79 Å². The maximum absolute atomic E-state index is 13.2. The minimum absolute atomic E-state index is 0.152. The van der Waals surface area contributed by atoms with E-state index in [1.165, 1.54) is 12.7 Å². The number of allylic oxidation sites excluding steroid dienone is 2. The van der Waals surface area contributed by atoms with Gasteiger partial charge < -0.3 is 9.64 Å². The Kier molecular flexibility index (Phi) is 4.89. The van der Waals surface area contributed by atoms with E-state index in [1.807, 2.05) is 48.4 Å². The predicted molar refractivity (Wildman–Crippen MR) is 112 cm³/mol. The van der Waals surface area contributed by atoms with Crippen molar-refractivity contribution in [2.45, 2.75) is 25.3 Å². The highest BCUT2D eigenvalue weighted by atomic mass is 16.5. The third kappa shape index (κ3) is 3.51. The van der Waals surface area contributed by atoms with Crippen LogP contribution >= 0.6 is 0 Å². The number of hydrogen-bond donors (Lipinski definition) is 0. The number of amidine groups is 1. The summed E-state index contributed by atoms with van der Waals surface area (Å²) in [6, 6.07) is 15.4. The zero-order chi connectivity index (χ0) is 20.4. The molecule has 1 unspecified atom stereocenters. The van der Waals surface area contributed by atoms with Gasteiger partial charge in [-0.3, -0.25) is 4.79 Å². The normalized spacial score (nSPS) is 19.9. The number of esters is 1. The number of fused-ring (bicyclic) bond motifs is 1. The molecule has 2 aromatic carbocycles. The molecular weight excluding hydrogens is 364 g/mol. The minimum atomic E-state index is -0.835. The number of benzene rings is 2. The topological polar surface area (TPSA) is 59.0 Å². The van der Waals surface area contributed by atoms with Gasteiger partial charge in [0.15, 0.2) is 0 Å². The molecule has 1 atom stereocenters. The highest BCUT2D eigenvalue weighted by Crippen LogP contribution is 2.34. The van der Waals surface area contributed by atoms with Crippen LogP contribution in [0.15, 0.2) is 78.0 Å². The van der Waals surface area contributed by atoms with Gasteiger partial charge >= 0.3 is 5.97 Å². The Morgan fingerprint density at radius 1 is 1.00 bits per heavy atom. The van der Waals surface area contributed by atoms with Crippen molar-refractivity contribution in [2.24, 2.45) is 4.99 Å². The number of methoxy groups -OCH3 is 1. The summed E-state index contributed by atoms with van der Waals surface area (Å²) < 4.78 is 4.77. The molecule has 0 saturated heterocycles. The molecular formula is C24H22N2O3. The van der Waals surface area contributed by atoms with Crippen molar-refractivity contribution in [3.05, 3.63) is 95.2 Å². The van der Waals surface area contributed by atoms with Crippen LogP contribution in [0.5, 0.6) is 0 Å². The number of ether oxygens (including phenoxy) is 1. The summed E-state index contributed by atoms with van der Waals surface area (Å²) in [7, 11) is 1.36. The first-order valence-electron chi connectivity index (χ1n) is 9.52. The average Bonchev–Trinajstić information content (AvgIpc) is 3.01. The molecule has 0 aromatic heterocycles. The van der Waals surface area contributed by atoms with E-state index >= 15 is 0 Å². The second-order valence-electron chi connectivity index (χ2n) is 7.41. The van der Waals surface area contributed by atoms with Crippen molar-refractivity contribution in [2.75, 3.05) is 7.11 Å².